The van der Waals surface area contributed by atoms with E-state index in [0.717, 1.165) is 10.7 Å². The minimum Gasteiger partial charge on any atom is -0.463 e. The first-order chi connectivity index (χ1) is 11.4. The summed E-state index contributed by atoms with van der Waals surface area (Å²) < 4.78 is 5.17. The quantitative estimate of drug-likeness (QED) is 0.472. The van der Waals surface area contributed by atoms with Gasteiger partial charge in [0.05, 0.1) is 28.8 Å². The molecule has 1 aromatic rings. The largest absolute Gasteiger partial charge is 0.463 e. The third-order valence-electron chi connectivity index (χ3n) is 3.71. The number of non-ortho nitro benzene ring substituents is 1. The van der Waals surface area contributed by atoms with Crippen LogP contribution in [0.25, 0.3) is 0 Å². The number of carbonyl (C=O) groups is 1. The van der Waals surface area contributed by atoms with Crippen LogP contribution in [0.4, 0.5) is 5.69 Å². The predicted octanol–water partition coefficient (Wildman–Crippen LogP) is 3.14. The molecule has 0 radical (unpaired) electrons. The van der Waals surface area contributed by atoms with Crippen LogP contribution in [0.5, 0.6) is 0 Å². The Balaban J connectivity index is 2.52. The maximum Gasteiger partial charge on any atom is 0.338 e. The van der Waals surface area contributed by atoms with E-state index in [1.165, 1.54) is 23.9 Å². The Morgan fingerprint density at radius 2 is 2.04 bits per heavy atom. The topological polar surface area (TPSA) is 85.0 Å². The zero-order valence-corrected chi connectivity index (χ0v) is 14.8. The Hall–Kier alpha value is -2.35. The summed E-state index contributed by atoms with van der Waals surface area (Å²) in [5.41, 5.74) is 1.83. The Kier molecular flexibility index (Phi) is 5.61. The number of nitro groups is 1. The summed E-state index contributed by atoms with van der Waals surface area (Å²) in [7, 11) is 1.84. The highest BCUT2D eigenvalue weighted by Crippen LogP contribution is 2.36. The van der Waals surface area contributed by atoms with Gasteiger partial charge < -0.3 is 9.64 Å². The number of nitrogens with zero attached hydrogens (tertiary/aromatic N) is 3. The van der Waals surface area contributed by atoms with Gasteiger partial charge >= 0.3 is 5.97 Å². The lowest BCUT2D eigenvalue weighted by atomic mass is 9.95. The van der Waals surface area contributed by atoms with Gasteiger partial charge in [0.1, 0.15) is 0 Å². The summed E-state index contributed by atoms with van der Waals surface area (Å²) in [4.78, 5) is 29.2. The molecule has 24 heavy (non-hydrogen) atoms. The van der Waals surface area contributed by atoms with E-state index in [1.54, 1.807) is 26.0 Å². The van der Waals surface area contributed by atoms with Crippen molar-refractivity contribution in [1.29, 1.82) is 0 Å². The molecule has 0 amide bonds. The number of rotatable bonds is 4. The molecule has 0 spiro atoms. The first-order valence-corrected chi connectivity index (χ1v) is 8.60. The number of hydrogen-bond donors (Lipinski definition) is 0. The van der Waals surface area contributed by atoms with Crippen LogP contribution in [-0.2, 0) is 9.53 Å². The minimum absolute atomic E-state index is 0.00866. The number of nitro benzene ring substituents is 1. The first kappa shape index (κ1) is 18.0. The van der Waals surface area contributed by atoms with E-state index >= 15 is 0 Å². The number of carbonyl (C=O) groups excluding carboxylic acids is 1. The van der Waals surface area contributed by atoms with Gasteiger partial charge in [-0.05, 0) is 37.8 Å². The average molecular weight is 349 g/mol. The number of hydrogen-bond acceptors (Lipinski definition) is 7. The fraction of sp³-hybridized carbons (Fsp3) is 0.375. The van der Waals surface area contributed by atoms with E-state index in [4.69, 9.17) is 4.74 Å². The standard InChI is InChI=1S/C16H19N3O4S/c1-5-23-15(20)13-10(2)17-16(24-4)18(3)14(13)11-6-8-12(9-7-11)19(21)22/h6-9,14H,5H2,1-4H3. The lowest BCUT2D eigenvalue weighted by Crippen LogP contribution is -2.36. The van der Waals surface area contributed by atoms with E-state index in [2.05, 4.69) is 4.99 Å². The highest BCUT2D eigenvalue weighted by Gasteiger charge is 2.34. The SMILES string of the molecule is CCOC(=O)C1=C(C)N=C(SC)N(C)C1c1ccc([N+](=O)[O-])cc1. The van der Waals surface area contributed by atoms with Crippen LogP contribution in [0.2, 0.25) is 0 Å². The lowest BCUT2D eigenvalue weighted by Gasteiger charge is -2.35. The number of likely N-dealkylation sites (N-methyl/N-ethyl adjacent to an activating group) is 1. The second-order valence-corrected chi connectivity index (χ2v) is 5.95. The molecule has 0 bridgehead atoms. The van der Waals surface area contributed by atoms with Crippen LogP contribution in [0, 0.1) is 10.1 Å². The molecule has 0 N–H and O–H groups in total. The van der Waals surface area contributed by atoms with Gasteiger partial charge in [0.25, 0.3) is 5.69 Å². The van der Waals surface area contributed by atoms with Crippen LogP contribution in [-0.4, -0.2) is 40.9 Å². The van der Waals surface area contributed by atoms with Gasteiger partial charge in [-0.1, -0.05) is 11.8 Å². The molecular formula is C16H19N3O4S. The van der Waals surface area contributed by atoms with Crippen LogP contribution in [0.15, 0.2) is 40.5 Å². The van der Waals surface area contributed by atoms with Crippen molar-refractivity contribution in [1.82, 2.24) is 4.90 Å². The number of aliphatic imine (C=N–C) groups is 1. The van der Waals surface area contributed by atoms with Crippen LogP contribution in [0.3, 0.4) is 0 Å². The fourth-order valence-corrected chi connectivity index (χ4v) is 3.23. The van der Waals surface area contributed by atoms with E-state index < -0.39 is 16.9 Å². The molecule has 8 heteroatoms. The molecule has 2 rings (SSSR count). The van der Waals surface area contributed by atoms with Gasteiger partial charge in [0.2, 0.25) is 0 Å². The second kappa shape index (κ2) is 7.48. The highest BCUT2D eigenvalue weighted by atomic mass is 32.2. The van der Waals surface area contributed by atoms with Gasteiger partial charge in [-0.3, -0.25) is 10.1 Å². The molecule has 0 aromatic heterocycles. The Bertz CT molecular complexity index is 713. The molecular weight excluding hydrogens is 330 g/mol. The summed E-state index contributed by atoms with van der Waals surface area (Å²) in [5.74, 6) is -0.422. The Morgan fingerprint density at radius 3 is 2.54 bits per heavy atom. The summed E-state index contributed by atoms with van der Waals surface area (Å²) >= 11 is 1.47. The molecule has 1 aliphatic heterocycles. The van der Waals surface area contributed by atoms with Crippen molar-refractivity contribution in [3.8, 4) is 0 Å². The minimum atomic E-state index is -0.448. The number of esters is 1. The summed E-state index contributed by atoms with van der Waals surface area (Å²) in [5, 5.41) is 11.6. The van der Waals surface area contributed by atoms with Crippen molar-refractivity contribution in [3.05, 3.63) is 51.2 Å². The van der Waals surface area contributed by atoms with Crippen LogP contribution < -0.4 is 0 Å². The number of thioether (sulfide) groups is 1. The monoisotopic (exact) mass is 349 g/mol. The van der Waals surface area contributed by atoms with Crippen molar-refractivity contribution in [3.63, 3.8) is 0 Å². The van der Waals surface area contributed by atoms with Crippen LogP contribution in [0.1, 0.15) is 25.5 Å². The molecule has 0 saturated carbocycles. The number of amidine groups is 1. The second-order valence-electron chi connectivity index (χ2n) is 5.18. The van der Waals surface area contributed by atoms with Crippen molar-refractivity contribution in [2.75, 3.05) is 19.9 Å². The maximum atomic E-state index is 12.4. The molecule has 128 valence electrons. The molecule has 1 unspecified atom stereocenters. The number of allylic oxidation sites excluding steroid dienone is 1. The summed E-state index contributed by atoms with van der Waals surface area (Å²) in [6.07, 6.45) is 1.91. The molecule has 0 fully saturated rings. The average Bonchev–Trinajstić information content (AvgIpc) is 2.56. The third-order valence-corrected chi connectivity index (χ3v) is 4.46. The molecule has 0 saturated heterocycles. The Morgan fingerprint density at radius 1 is 1.42 bits per heavy atom. The van der Waals surface area contributed by atoms with E-state index in [1.807, 2.05) is 18.2 Å². The number of ether oxygens (including phenoxy) is 1. The van der Waals surface area contributed by atoms with Gasteiger partial charge in [-0.2, -0.15) is 0 Å². The molecule has 1 aromatic carbocycles. The summed E-state index contributed by atoms with van der Waals surface area (Å²) in [6, 6.07) is 5.80. The summed E-state index contributed by atoms with van der Waals surface area (Å²) in [6.45, 7) is 3.79. The van der Waals surface area contributed by atoms with Gasteiger partial charge in [0, 0.05) is 19.2 Å². The fourth-order valence-electron chi connectivity index (χ4n) is 2.61. The zero-order chi connectivity index (χ0) is 17.9. The molecule has 1 heterocycles. The van der Waals surface area contributed by atoms with Crippen molar-refractivity contribution >= 4 is 28.6 Å². The molecule has 1 aliphatic rings. The van der Waals surface area contributed by atoms with E-state index in [9.17, 15) is 14.9 Å². The first-order valence-electron chi connectivity index (χ1n) is 7.38. The molecule has 1 atom stereocenters. The van der Waals surface area contributed by atoms with Crippen molar-refractivity contribution in [2.24, 2.45) is 4.99 Å². The van der Waals surface area contributed by atoms with Gasteiger partial charge in [-0.25, -0.2) is 9.79 Å². The van der Waals surface area contributed by atoms with Crippen LogP contribution >= 0.6 is 11.8 Å². The third kappa shape index (κ3) is 3.43. The normalized spacial score (nSPS) is 17.6. The highest BCUT2D eigenvalue weighted by molar-refractivity contribution is 8.13. The van der Waals surface area contributed by atoms with Gasteiger partial charge in [-0.15, -0.1) is 0 Å². The zero-order valence-electron chi connectivity index (χ0n) is 14.0. The predicted molar refractivity (Wildman–Crippen MR) is 93.9 cm³/mol. The molecule has 0 aliphatic carbocycles. The van der Waals surface area contributed by atoms with Crippen molar-refractivity contribution < 1.29 is 14.5 Å². The lowest BCUT2D eigenvalue weighted by molar-refractivity contribution is -0.384. The number of benzene rings is 1. The van der Waals surface area contributed by atoms with E-state index in [0.29, 0.717) is 11.3 Å². The Labute approximate surface area is 144 Å². The van der Waals surface area contributed by atoms with E-state index in [-0.39, 0.29) is 12.3 Å². The molecule has 7 nitrogen and oxygen atoms in total. The van der Waals surface area contributed by atoms with Crippen molar-refractivity contribution in [2.45, 2.75) is 19.9 Å². The maximum absolute atomic E-state index is 12.4. The smallest absolute Gasteiger partial charge is 0.338 e. The van der Waals surface area contributed by atoms with Gasteiger partial charge in [0.15, 0.2) is 5.17 Å².